The number of carbonyl (C=O) groups excluding carboxylic acids is 1. The summed E-state index contributed by atoms with van der Waals surface area (Å²) in [6.07, 6.45) is -3.48. The van der Waals surface area contributed by atoms with Gasteiger partial charge in [-0.05, 0) is 43.7 Å². The number of nitrogens with one attached hydrogen (secondary N) is 1. The van der Waals surface area contributed by atoms with Gasteiger partial charge in [-0.1, -0.05) is 0 Å². The molecule has 0 atom stereocenters. The molecule has 0 saturated heterocycles. The molecule has 146 valence electrons. The van der Waals surface area contributed by atoms with E-state index in [9.17, 15) is 27.9 Å². The fourth-order valence-corrected chi connectivity index (χ4v) is 2.43. The third-order valence-corrected chi connectivity index (χ3v) is 3.96. The van der Waals surface area contributed by atoms with E-state index < -0.39 is 29.1 Å². The molecule has 0 aliphatic rings. The van der Waals surface area contributed by atoms with Gasteiger partial charge in [-0.15, -0.1) is 0 Å². The van der Waals surface area contributed by atoms with Gasteiger partial charge in [0.2, 0.25) is 5.69 Å². The number of aromatic hydroxyl groups is 1. The van der Waals surface area contributed by atoms with Crippen LogP contribution in [0, 0.1) is 13.5 Å². The van der Waals surface area contributed by atoms with Crippen molar-refractivity contribution >= 4 is 17.8 Å². The van der Waals surface area contributed by atoms with Crippen LogP contribution in [0.2, 0.25) is 0 Å². The van der Waals surface area contributed by atoms with Crippen molar-refractivity contribution in [3.8, 4) is 5.88 Å². The Morgan fingerprint density at radius 1 is 1.36 bits per heavy atom. The molecule has 0 spiro atoms. The van der Waals surface area contributed by atoms with Gasteiger partial charge in [0.25, 0.3) is 11.5 Å². The number of benzene rings is 1. The highest BCUT2D eigenvalue weighted by molar-refractivity contribution is 5.95. The van der Waals surface area contributed by atoms with Gasteiger partial charge in [0.15, 0.2) is 5.88 Å². The maximum Gasteiger partial charge on any atom is 0.416 e. The lowest BCUT2D eigenvalue weighted by molar-refractivity contribution is -0.137. The number of halogens is 3. The van der Waals surface area contributed by atoms with Crippen molar-refractivity contribution in [1.82, 2.24) is 9.99 Å². The Labute approximate surface area is 157 Å². The molecule has 2 aromatic rings. The minimum atomic E-state index is -4.51. The quantitative estimate of drug-likeness (QED) is 0.476. The van der Waals surface area contributed by atoms with Gasteiger partial charge in [-0.2, -0.15) is 18.3 Å². The van der Waals surface area contributed by atoms with E-state index in [4.69, 9.17) is 6.57 Å². The highest BCUT2D eigenvalue weighted by atomic mass is 19.4. The molecular weight excluding hydrogens is 377 g/mol. The summed E-state index contributed by atoms with van der Waals surface area (Å²) < 4.78 is 38.6. The lowest BCUT2D eigenvalue weighted by atomic mass is 10.1. The fraction of sp³-hybridized carbons (Fsp3) is 0.222. The largest absolute Gasteiger partial charge is 0.503 e. The maximum atomic E-state index is 12.5. The van der Waals surface area contributed by atoms with Crippen molar-refractivity contribution in [1.29, 1.82) is 0 Å². The van der Waals surface area contributed by atoms with Crippen LogP contribution in [0.15, 0.2) is 34.2 Å². The number of hydrogen-bond acceptors (Lipinski definition) is 4. The van der Waals surface area contributed by atoms with Crippen LogP contribution < -0.4 is 11.0 Å². The van der Waals surface area contributed by atoms with Gasteiger partial charge >= 0.3 is 6.18 Å². The van der Waals surface area contributed by atoms with Crippen LogP contribution in [0.4, 0.5) is 18.9 Å². The Morgan fingerprint density at radius 2 is 1.96 bits per heavy atom. The SMILES string of the molecule is [C-]#[N+]c1c(C)c(/C=N/NC(=O)c2ccc(C(F)(F)F)cc2)c(=O)n(CC)c1O. The standard InChI is InChI=1S/C18H15F3N4O3/c1-4-25-16(27)13(10(2)14(22-3)17(25)28)9-23-24-15(26)11-5-7-12(8-6-11)18(19,20)21/h5-9,28H,4H2,1-2H3,(H,24,26)/b23-9+. The zero-order valence-electron chi connectivity index (χ0n) is 14.8. The fourth-order valence-electron chi connectivity index (χ4n) is 2.43. The van der Waals surface area contributed by atoms with Gasteiger partial charge in [0.05, 0.1) is 23.9 Å². The molecule has 2 rings (SSSR count). The number of hydrogen-bond donors (Lipinski definition) is 2. The predicted molar refractivity (Wildman–Crippen MR) is 95.5 cm³/mol. The molecular formula is C18H15F3N4O3. The van der Waals surface area contributed by atoms with E-state index >= 15 is 0 Å². The number of carbonyl (C=O) groups is 1. The summed E-state index contributed by atoms with van der Waals surface area (Å²) in [4.78, 5) is 27.6. The number of hydrazone groups is 1. The Hall–Kier alpha value is -3.61. The molecule has 0 bridgehead atoms. The Bertz CT molecular complexity index is 1030. The molecule has 0 unspecified atom stereocenters. The summed E-state index contributed by atoms with van der Waals surface area (Å²) in [5.74, 6) is -1.23. The molecule has 7 nitrogen and oxygen atoms in total. The Balaban J connectivity index is 2.27. The van der Waals surface area contributed by atoms with Gasteiger partial charge in [-0.3, -0.25) is 14.2 Å². The monoisotopic (exact) mass is 392 g/mol. The molecule has 0 aliphatic heterocycles. The van der Waals surface area contributed by atoms with Gasteiger partial charge in [-0.25, -0.2) is 10.3 Å². The number of pyridine rings is 1. The molecule has 10 heteroatoms. The Kier molecular flexibility index (Phi) is 5.88. The van der Waals surface area contributed by atoms with Crippen LogP contribution in [0.1, 0.15) is 34.0 Å². The molecule has 0 fully saturated rings. The molecule has 1 aromatic heterocycles. The third-order valence-electron chi connectivity index (χ3n) is 3.96. The van der Waals surface area contributed by atoms with Crippen LogP contribution in [0.5, 0.6) is 5.88 Å². The van der Waals surface area contributed by atoms with E-state index in [2.05, 4.69) is 15.4 Å². The zero-order chi connectivity index (χ0) is 21.1. The van der Waals surface area contributed by atoms with E-state index in [0.717, 1.165) is 35.0 Å². The Morgan fingerprint density at radius 3 is 2.46 bits per heavy atom. The lowest BCUT2D eigenvalue weighted by Crippen LogP contribution is -2.25. The van der Waals surface area contributed by atoms with E-state index in [-0.39, 0.29) is 28.9 Å². The minimum absolute atomic E-state index is 0.00151. The molecule has 1 aromatic carbocycles. The summed E-state index contributed by atoms with van der Waals surface area (Å²) in [5, 5.41) is 13.6. The molecule has 28 heavy (non-hydrogen) atoms. The second-order valence-corrected chi connectivity index (χ2v) is 5.65. The minimum Gasteiger partial charge on any atom is -0.503 e. The molecule has 1 amide bonds. The maximum absolute atomic E-state index is 12.5. The summed E-state index contributed by atoms with van der Waals surface area (Å²) in [6, 6.07) is 3.54. The highest BCUT2D eigenvalue weighted by Gasteiger charge is 2.30. The van der Waals surface area contributed by atoms with Crippen molar-refractivity contribution in [2.24, 2.45) is 5.10 Å². The van der Waals surface area contributed by atoms with Crippen molar-refractivity contribution in [2.75, 3.05) is 0 Å². The van der Waals surface area contributed by atoms with Crippen LogP contribution in [0.3, 0.4) is 0 Å². The number of rotatable bonds is 4. The first-order valence-corrected chi connectivity index (χ1v) is 7.96. The summed E-state index contributed by atoms with van der Waals surface area (Å²) in [6.45, 7) is 10.3. The van der Waals surface area contributed by atoms with Gasteiger partial charge in [0.1, 0.15) is 0 Å². The molecule has 0 aliphatic carbocycles. The van der Waals surface area contributed by atoms with Crippen molar-refractivity contribution < 1.29 is 23.1 Å². The summed E-state index contributed by atoms with van der Waals surface area (Å²) in [5.41, 5.74) is 0.640. The average molecular weight is 392 g/mol. The van der Waals surface area contributed by atoms with Crippen LogP contribution in [-0.4, -0.2) is 21.8 Å². The number of nitrogens with zero attached hydrogens (tertiary/aromatic N) is 3. The molecule has 0 radical (unpaired) electrons. The van der Waals surface area contributed by atoms with E-state index in [0.29, 0.717) is 0 Å². The topological polar surface area (TPSA) is 88.0 Å². The van der Waals surface area contributed by atoms with Crippen molar-refractivity contribution in [3.63, 3.8) is 0 Å². The zero-order valence-corrected chi connectivity index (χ0v) is 14.8. The second kappa shape index (κ2) is 7.96. The first-order valence-electron chi connectivity index (χ1n) is 7.96. The van der Waals surface area contributed by atoms with E-state index in [1.165, 1.54) is 6.92 Å². The molecule has 0 saturated carbocycles. The van der Waals surface area contributed by atoms with Crippen molar-refractivity contribution in [3.05, 3.63) is 68.3 Å². The lowest BCUT2D eigenvalue weighted by Gasteiger charge is -2.11. The molecule has 2 N–H and O–H groups in total. The van der Waals surface area contributed by atoms with E-state index in [1.807, 2.05) is 0 Å². The van der Waals surface area contributed by atoms with E-state index in [1.54, 1.807) is 6.92 Å². The first kappa shape index (κ1) is 20.7. The van der Waals surface area contributed by atoms with Crippen LogP contribution in [-0.2, 0) is 12.7 Å². The van der Waals surface area contributed by atoms with Crippen molar-refractivity contribution in [2.45, 2.75) is 26.6 Å². The molecule has 1 heterocycles. The van der Waals surface area contributed by atoms with Gasteiger partial charge < -0.3 is 5.11 Å². The number of alkyl halides is 3. The van der Waals surface area contributed by atoms with Crippen LogP contribution >= 0.6 is 0 Å². The smallest absolute Gasteiger partial charge is 0.416 e. The number of aromatic nitrogens is 1. The summed E-state index contributed by atoms with van der Waals surface area (Å²) in [7, 11) is 0. The average Bonchev–Trinajstić information content (AvgIpc) is 2.64. The van der Waals surface area contributed by atoms with Gasteiger partial charge in [0, 0.05) is 12.1 Å². The normalized spacial score (nSPS) is 11.4. The van der Waals surface area contributed by atoms with Crippen LogP contribution in [0.25, 0.3) is 4.85 Å². The first-order chi connectivity index (χ1) is 13.1. The second-order valence-electron chi connectivity index (χ2n) is 5.65. The summed E-state index contributed by atoms with van der Waals surface area (Å²) >= 11 is 0. The number of amides is 1. The highest BCUT2D eigenvalue weighted by Crippen LogP contribution is 2.30. The predicted octanol–water partition coefficient (Wildman–Crippen LogP) is 3.22. The third kappa shape index (κ3) is 4.03.